The molecule has 0 spiro atoms. The Morgan fingerprint density at radius 2 is 2.11 bits per heavy atom. The maximum absolute atomic E-state index is 11.9. The number of carbonyl (C=O) groups excluding carboxylic acids is 1. The first-order valence-electron chi connectivity index (χ1n) is 5.30. The molecule has 1 aromatic carbocycles. The number of carbonyl (C=O) groups is 2. The Labute approximate surface area is 107 Å². The quantitative estimate of drug-likeness (QED) is 0.640. The summed E-state index contributed by atoms with van der Waals surface area (Å²) in [5.41, 5.74) is 6.59. The fourth-order valence-electron chi connectivity index (χ4n) is 1.48. The van der Waals surface area contributed by atoms with E-state index >= 15 is 0 Å². The van der Waals surface area contributed by atoms with Gasteiger partial charge in [-0.05, 0) is 24.6 Å². The predicted molar refractivity (Wildman–Crippen MR) is 66.9 cm³/mol. The minimum Gasteiger partial charge on any atom is -0.478 e. The molecule has 0 atom stereocenters. The third kappa shape index (κ3) is 2.51. The van der Waals surface area contributed by atoms with Crippen LogP contribution in [-0.4, -0.2) is 32.4 Å². The highest BCUT2D eigenvalue weighted by atomic mass is 16.4. The highest BCUT2D eigenvalue weighted by Crippen LogP contribution is 2.18. The number of carboxylic acids is 1. The molecule has 2 rings (SSSR count). The number of aromatic nitrogens is 3. The van der Waals surface area contributed by atoms with Crippen LogP contribution in [0.15, 0.2) is 18.2 Å². The van der Waals surface area contributed by atoms with E-state index < -0.39 is 11.9 Å². The van der Waals surface area contributed by atoms with Crippen molar-refractivity contribution in [2.45, 2.75) is 6.92 Å². The molecule has 0 radical (unpaired) electrons. The summed E-state index contributed by atoms with van der Waals surface area (Å²) < 4.78 is 0. The number of hydrogen-bond donors (Lipinski definition) is 4. The number of nitrogens with one attached hydrogen (secondary N) is 2. The van der Waals surface area contributed by atoms with E-state index in [2.05, 4.69) is 20.7 Å². The molecule has 0 aliphatic heterocycles. The van der Waals surface area contributed by atoms with Crippen molar-refractivity contribution in [3.05, 3.63) is 35.0 Å². The van der Waals surface area contributed by atoms with E-state index in [-0.39, 0.29) is 17.1 Å². The average Bonchev–Trinajstić information content (AvgIpc) is 2.78. The molecule has 1 heterocycles. The van der Waals surface area contributed by atoms with Crippen LogP contribution in [0, 0.1) is 6.92 Å². The standard InChI is InChI=1S/C11H11N5O3/c1-5-2-3-6(11(18)19)4-7(5)13-10(17)8-9(12)15-16-14-8/h2-4H,1H3,(H,13,17)(H,18,19)(H3,12,14,15,16). The summed E-state index contributed by atoms with van der Waals surface area (Å²) in [6.45, 7) is 1.74. The summed E-state index contributed by atoms with van der Waals surface area (Å²) in [7, 11) is 0. The summed E-state index contributed by atoms with van der Waals surface area (Å²) in [4.78, 5) is 22.7. The lowest BCUT2D eigenvalue weighted by Crippen LogP contribution is -2.15. The van der Waals surface area contributed by atoms with Crippen LogP contribution in [0.25, 0.3) is 0 Å². The number of amides is 1. The lowest BCUT2D eigenvalue weighted by atomic mass is 10.1. The molecule has 0 unspecified atom stereocenters. The maximum atomic E-state index is 11.9. The Bertz CT molecular complexity index is 650. The Morgan fingerprint density at radius 3 is 2.68 bits per heavy atom. The van der Waals surface area contributed by atoms with Gasteiger partial charge in [0.15, 0.2) is 11.5 Å². The topological polar surface area (TPSA) is 134 Å². The first kappa shape index (κ1) is 12.6. The van der Waals surface area contributed by atoms with E-state index in [0.29, 0.717) is 5.69 Å². The van der Waals surface area contributed by atoms with Gasteiger partial charge in [0.05, 0.1) is 5.56 Å². The molecule has 2 aromatic rings. The monoisotopic (exact) mass is 261 g/mol. The maximum Gasteiger partial charge on any atom is 0.335 e. The number of benzene rings is 1. The van der Waals surface area contributed by atoms with Crippen molar-refractivity contribution in [2.75, 3.05) is 11.1 Å². The number of nitrogens with zero attached hydrogens (tertiary/aromatic N) is 2. The first-order valence-corrected chi connectivity index (χ1v) is 5.30. The molecule has 0 aliphatic rings. The zero-order valence-corrected chi connectivity index (χ0v) is 9.97. The van der Waals surface area contributed by atoms with Crippen molar-refractivity contribution in [2.24, 2.45) is 0 Å². The Balaban J connectivity index is 2.28. The van der Waals surface area contributed by atoms with Gasteiger partial charge in [0.2, 0.25) is 0 Å². The van der Waals surface area contributed by atoms with Crippen molar-refractivity contribution >= 4 is 23.4 Å². The molecule has 19 heavy (non-hydrogen) atoms. The zero-order chi connectivity index (χ0) is 14.0. The Morgan fingerprint density at radius 1 is 1.37 bits per heavy atom. The fourth-order valence-corrected chi connectivity index (χ4v) is 1.48. The van der Waals surface area contributed by atoms with Crippen molar-refractivity contribution in [3.63, 3.8) is 0 Å². The van der Waals surface area contributed by atoms with Gasteiger partial charge >= 0.3 is 5.97 Å². The fraction of sp³-hybridized carbons (Fsp3) is 0.0909. The smallest absolute Gasteiger partial charge is 0.335 e. The van der Waals surface area contributed by atoms with Gasteiger partial charge in [-0.25, -0.2) is 4.79 Å². The number of aryl methyl sites for hydroxylation is 1. The van der Waals surface area contributed by atoms with E-state index in [9.17, 15) is 9.59 Å². The summed E-state index contributed by atoms with van der Waals surface area (Å²) in [6.07, 6.45) is 0. The first-order chi connectivity index (χ1) is 8.99. The van der Waals surface area contributed by atoms with E-state index in [1.54, 1.807) is 13.0 Å². The molecule has 1 aromatic heterocycles. The lowest BCUT2D eigenvalue weighted by molar-refractivity contribution is 0.0696. The van der Waals surface area contributed by atoms with E-state index in [0.717, 1.165) is 5.56 Å². The van der Waals surface area contributed by atoms with Crippen LogP contribution in [-0.2, 0) is 0 Å². The van der Waals surface area contributed by atoms with Gasteiger partial charge in [0.1, 0.15) is 0 Å². The average molecular weight is 261 g/mol. The molecular formula is C11H11N5O3. The highest BCUT2D eigenvalue weighted by Gasteiger charge is 2.16. The van der Waals surface area contributed by atoms with Crippen LogP contribution in [0.2, 0.25) is 0 Å². The predicted octanol–water partition coefficient (Wildman–Crippen LogP) is 0.646. The largest absolute Gasteiger partial charge is 0.478 e. The van der Waals surface area contributed by atoms with Gasteiger partial charge in [-0.3, -0.25) is 4.79 Å². The summed E-state index contributed by atoms with van der Waals surface area (Å²) in [5, 5.41) is 20.8. The molecule has 8 nitrogen and oxygen atoms in total. The SMILES string of the molecule is Cc1ccc(C(=O)O)cc1NC(=O)c1n[nH]nc1N. The number of aromatic carboxylic acids is 1. The third-order valence-electron chi connectivity index (χ3n) is 2.52. The third-order valence-corrected chi connectivity index (χ3v) is 2.52. The van der Waals surface area contributed by atoms with Crippen molar-refractivity contribution in [3.8, 4) is 0 Å². The molecule has 0 saturated carbocycles. The van der Waals surface area contributed by atoms with Crippen molar-refractivity contribution in [1.82, 2.24) is 15.4 Å². The summed E-state index contributed by atoms with van der Waals surface area (Å²) in [5.74, 6) is -1.65. The Kier molecular flexibility index (Phi) is 3.15. The number of aromatic amines is 1. The number of rotatable bonds is 3. The van der Waals surface area contributed by atoms with Crippen molar-refractivity contribution in [1.29, 1.82) is 0 Å². The number of nitrogen functional groups attached to an aromatic ring is 1. The van der Waals surface area contributed by atoms with Gasteiger partial charge in [-0.15, -0.1) is 10.2 Å². The number of nitrogens with two attached hydrogens (primary N) is 1. The molecule has 0 saturated heterocycles. The van der Waals surface area contributed by atoms with Crippen LogP contribution < -0.4 is 11.1 Å². The lowest BCUT2D eigenvalue weighted by Gasteiger charge is -2.08. The van der Waals surface area contributed by atoms with Crippen LogP contribution >= 0.6 is 0 Å². The Hall–Kier alpha value is -2.90. The molecule has 0 fully saturated rings. The minimum absolute atomic E-state index is 0.0236. The molecule has 1 amide bonds. The highest BCUT2D eigenvalue weighted by molar-refractivity contribution is 6.06. The van der Waals surface area contributed by atoms with Crippen molar-refractivity contribution < 1.29 is 14.7 Å². The normalized spacial score (nSPS) is 10.2. The van der Waals surface area contributed by atoms with E-state index in [1.807, 2.05) is 0 Å². The summed E-state index contributed by atoms with van der Waals surface area (Å²) in [6, 6.07) is 4.43. The van der Waals surface area contributed by atoms with E-state index in [4.69, 9.17) is 10.8 Å². The molecular weight excluding hydrogens is 250 g/mol. The molecule has 8 heteroatoms. The second-order valence-electron chi connectivity index (χ2n) is 3.85. The van der Waals surface area contributed by atoms with Gasteiger partial charge in [-0.2, -0.15) is 5.21 Å². The molecule has 5 N–H and O–H groups in total. The number of carboxylic acid groups (broad SMARTS) is 1. The van der Waals surface area contributed by atoms with E-state index in [1.165, 1.54) is 12.1 Å². The molecule has 98 valence electrons. The zero-order valence-electron chi connectivity index (χ0n) is 9.97. The second kappa shape index (κ2) is 4.77. The number of anilines is 2. The van der Waals surface area contributed by atoms with Crippen LogP contribution in [0.5, 0.6) is 0 Å². The molecule has 0 bridgehead atoms. The minimum atomic E-state index is -1.07. The van der Waals surface area contributed by atoms with Gasteiger partial charge in [0, 0.05) is 5.69 Å². The van der Waals surface area contributed by atoms with Gasteiger partial charge in [0.25, 0.3) is 5.91 Å². The van der Waals surface area contributed by atoms with Crippen LogP contribution in [0.4, 0.5) is 11.5 Å². The van der Waals surface area contributed by atoms with Gasteiger partial charge in [-0.1, -0.05) is 6.07 Å². The molecule has 0 aliphatic carbocycles. The summed E-state index contributed by atoms with van der Waals surface area (Å²) >= 11 is 0. The van der Waals surface area contributed by atoms with Crippen LogP contribution in [0.1, 0.15) is 26.4 Å². The second-order valence-corrected chi connectivity index (χ2v) is 3.85. The van der Waals surface area contributed by atoms with Crippen LogP contribution in [0.3, 0.4) is 0 Å². The number of hydrogen-bond acceptors (Lipinski definition) is 5. The number of H-pyrrole nitrogens is 1. The van der Waals surface area contributed by atoms with Gasteiger partial charge < -0.3 is 16.2 Å².